The van der Waals surface area contributed by atoms with E-state index in [1.54, 1.807) is 13.8 Å². The molecule has 3 N–H and O–H groups in total. The van der Waals surface area contributed by atoms with Crippen LogP contribution in [-0.4, -0.2) is 55.6 Å². The molecule has 0 aliphatic carbocycles. The summed E-state index contributed by atoms with van der Waals surface area (Å²) >= 11 is 0. The second-order valence-electron chi connectivity index (χ2n) is 10.4. The summed E-state index contributed by atoms with van der Waals surface area (Å²) < 4.78 is 24.0. The molecule has 0 fully saturated rings. The van der Waals surface area contributed by atoms with E-state index in [1.807, 2.05) is 32.9 Å². The van der Waals surface area contributed by atoms with Gasteiger partial charge in [0, 0.05) is 18.9 Å². The number of rotatable bonds is 11. The quantitative estimate of drug-likeness (QED) is 0.245. The van der Waals surface area contributed by atoms with Crippen LogP contribution in [0.3, 0.4) is 0 Å². The molecule has 10 nitrogen and oxygen atoms in total. The van der Waals surface area contributed by atoms with Crippen molar-refractivity contribution < 1.29 is 32.8 Å². The van der Waals surface area contributed by atoms with E-state index in [4.69, 9.17) is 9.05 Å². The van der Waals surface area contributed by atoms with Crippen LogP contribution in [0.25, 0.3) is 0 Å². The molecule has 0 saturated carbocycles. The number of hydrogen-bond acceptors (Lipinski definition) is 7. The molecule has 0 aromatic rings. The van der Waals surface area contributed by atoms with Gasteiger partial charge in [-0.2, -0.15) is 0 Å². The third-order valence-corrected chi connectivity index (χ3v) is 8.78. The Bertz CT molecular complexity index is 867. The van der Waals surface area contributed by atoms with Gasteiger partial charge in [0.25, 0.3) is 5.52 Å². The highest BCUT2D eigenvalue weighted by atomic mass is 31.2. The maximum atomic E-state index is 13.6. The Labute approximate surface area is 234 Å². The zero-order valence-corrected chi connectivity index (χ0v) is 25.5. The van der Waals surface area contributed by atoms with Crippen molar-refractivity contribution in [3.8, 4) is 0 Å². The molecule has 0 aromatic heterocycles. The van der Waals surface area contributed by atoms with Gasteiger partial charge < -0.3 is 25.0 Å². The first kappa shape index (κ1) is 35.0. The fourth-order valence-corrected chi connectivity index (χ4v) is 6.33. The van der Waals surface area contributed by atoms with Crippen LogP contribution in [0, 0.1) is 17.8 Å². The van der Waals surface area contributed by atoms with Gasteiger partial charge in [0.15, 0.2) is 0 Å². The lowest BCUT2D eigenvalue weighted by Gasteiger charge is -2.28. The van der Waals surface area contributed by atoms with Crippen LogP contribution in [0.4, 0.5) is 0 Å². The van der Waals surface area contributed by atoms with Crippen molar-refractivity contribution in [3.63, 3.8) is 0 Å². The topological polar surface area (TPSA) is 140 Å². The molecular weight excluding hydrogens is 521 g/mol. The van der Waals surface area contributed by atoms with Crippen molar-refractivity contribution in [3.05, 3.63) is 12.2 Å². The van der Waals surface area contributed by atoms with Gasteiger partial charge in [-0.05, 0) is 64.7 Å². The largest absolute Gasteiger partial charge is 0.398 e. The Balaban J connectivity index is 3.50. The third-order valence-electron chi connectivity index (χ3n) is 6.73. The number of allylic oxidation sites excluding steroid dienone is 2. The van der Waals surface area contributed by atoms with Crippen LogP contribution in [0.5, 0.6) is 0 Å². The van der Waals surface area contributed by atoms with Crippen LogP contribution >= 0.6 is 7.60 Å². The summed E-state index contributed by atoms with van der Waals surface area (Å²) in [5.74, 6) is -1.85. The van der Waals surface area contributed by atoms with Gasteiger partial charge >= 0.3 is 7.60 Å². The van der Waals surface area contributed by atoms with Crippen molar-refractivity contribution in [2.75, 3.05) is 20.3 Å². The second-order valence-corrected chi connectivity index (χ2v) is 12.4. The summed E-state index contributed by atoms with van der Waals surface area (Å²) in [5, 5.41) is 8.25. The number of amides is 3. The van der Waals surface area contributed by atoms with Crippen LogP contribution in [0.1, 0.15) is 92.4 Å². The predicted octanol–water partition coefficient (Wildman–Crippen LogP) is 4.48. The first-order chi connectivity index (χ1) is 18.5. The summed E-state index contributed by atoms with van der Waals surface area (Å²) in [5.41, 5.74) is -0.906. The normalized spacial score (nSPS) is 25.0. The summed E-state index contributed by atoms with van der Waals surface area (Å²) in [6.07, 6.45) is 9.37. The Morgan fingerprint density at radius 3 is 2.28 bits per heavy atom. The lowest BCUT2D eigenvalue weighted by molar-refractivity contribution is -0.133. The van der Waals surface area contributed by atoms with Gasteiger partial charge in [-0.3, -0.25) is 23.7 Å². The summed E-state index contributed by atoms with van der Waals surface area (Å²) in [6.45, 7) is 9.03. The van der Waals surface area contributed by atoms with E-state index in [-0.39, 0.29) is 43.3 Å². The second kappa shape index (κ2) is 18.3. The van der Waals surface area contributed by atoms with Gasteiger partial charge in [-0.15, -0.1) is 0 Å². The van der Waals surface area contributed by atoms with Gasteiger partial charge in [0.2, 0.25) is 17.7 Å². The lowest BCUT2D eigenvalue weighted by atomic mass is 9.93. The highest BCUT2D eigenvalue weighted by Crippen LogP contribution is 2.50. The van der Waals surface area contributed by atoms with E-state index in [9.17, 15) is 23.7 Å². The minimum atomic E-state index is -4.25. The molecule has 3 amide bonds. The van der Waals surface area contributed by atoms with Crippen LogP contribution in [-0.2, 0) is 32.8 Å². The molecule has 11 heteroatoms. The minimum Gasteiger partial charge on any atom is -0.359 e. The first-order valence-corrected chi connectivity index (χ1v) is 16.0. The number of carbonyl (C=O) groups is 4. The SMILES string of the molecule is CCCC1CCCC/C=C/CC(C(=O)NC)C[C@@H](C(=O)P(=O)(OCC)OCC)NC(=O)[C@H](CC(C)C)NC1=O. The molecule has 39 heavy (non-hydrogen) atoms. The molecule has 1 aliphatic rings. The van der Waals surface area contributed by atoms with Crippen molar-refractivity contribution in [1.82, 2.24) is 16.0 Å². The lowest BCUT2D eigenvalue weighted by Crippen LogP contribution is -2.53. The minimum absolute atomic E-state index is 0.0316. The van der Waals surface area contributed by atoms with Crippen molar-refractivity contribution in [2.24, 2.45) is 17.8 Å². The van der Waals surface area contributed by atoms with Gasteiger partial charge in [-0.1, -0.05) is 45.8 Å². The summed E-state index contributed by atoms with van der Waals surface area (Å²) in [6, 6.07) is -2.21. The molecule has 224 valence electrons. The van der Waals surface area contributed by atoms with Crippen molar-refractivity contribution in [2.45, 2.75) is 104 Å². The zero-order valence-electron chi connectivity index (χ0n) is 24.6. The third kappa shape index (κ3) is 11.9. The number of hydrogen-bond donors (Lipinski definition) is 3. The fraction of sp³-hybridized carbons (Fsp3) is 0.786. The molecule has 0 saturated heterocycles. The van der Waals surface area contributed by atoms with Crippen LogP contribution < -0.4 is 16.0 Å². The molecule has 2 unspecified atom stereocenters. The van der Waals surface area contributed by atoms with E-state index in [2.05, 4.69) is 16.0 Å². The number of nitrogens with one attached hydrogen (secondary N) is 3. The maximum absolute atomic E-state index is 13.6. The van der Waals surface area contributed by atoms with E-state index >= 15 is 0 Å². The molecule has 0 spiro atoms. The maximum Gasteiger partial charge on any atom is 0.398 e. The molecule has 1 aliphatic heterocycles. The molecule has 0 aromatic carbocycles. The standard InChI is InChI=1S/C28H50N3O7P/c1-7-15-21-16-13-11-10-12-14-17-22(25(32)29-6)19-24(28(35)39(36,37-8-2)38-9-3)31-27(34)23(18-20(4)5)30-26(21)33/h12,14,20-24H,7-11,13,15-19H2,1-6H3,(H,29,32)(H,30,33)(H,31,34)/b14-12+/t21?,22?,23-,24-/m0/s1. The van der Waals surface area contributed by atoms with Crippen molar-refractivity contribution >= 4 is 30.8 Å². The predicted molar refractivity (Wildman–Crippen MR) is 152 cm³/mol. The summed E-state index contributed by atoms with van der Waals surface area (Å²) in [7, 11) is -2.74. The molecular formula is C28H50N3O7P. The highest BCUT2D eigenvalue weighted by Gasteiger charge is 2.42. The van der Waals surface area contributed by atoms with Crippen LogP contribution in [0.2, 0.25) is 0 Å². The average Bonchev–Trinajstić information content (AvgIpc) is 2.88. The van der Waals surface area contributed by atoms with Gasteiger partial charge in [0.1, 0.15) is 12.1 Å². The molecule has 0 radical (unpaired) electrons. The highest BCUT2D eigenvalue weighted by molar-refractivity contribution is 7.72. The Kier molecular flexibility index (Phi) is 16.5. The smallest absolute Gasteiger partial charge is 0.359 e. The Morgan fingerprint density at radius 1 is 1.05 bits per heavy atom. The summed E-state index contributed by atoms with van der Waals surface area (Å²) in [4.78, 5) is 53.2. The number of carbonyl (C=O) groups excluding carboxylic acids is 4. The van der Waals surface area contributed by atoms with E-state index in [0.717, 1.165) is 38.5 Å². The van der Waals surface area contributed by atoms with E-state index < -0.39 is 37.0 Å². The van der Waals surface area contributed by atoms with Gasteiger partial charge in [0.05, 0.1) is 13.2 Å². The van der Waals surface area contributed by atoms with E-state index in [0.29, 0.717) is 12.8 Å². The first-order valence-electron chi connectivity index (χ1n) is 14.4. The Morgan fingerprint density at radius 2 is 1.72 bits per heavy atom. The van der Waals surface area contributed by atoms with Crippen molar-refractivity contribution in [1.29, 1.82) is 0 Å². The molecule has 1 rings (SSSR count). The van der Waals surface area contributed by atoms with E-state index in [1.165, 1.54) is 7.05 Å². The molecule has 4 atom stereocenters. The molecule has 1 heterocycles. The fourth-order valence-electron chi connectivity index (χ4n) is 4.77. The molecule has 0 bridgehead atoms. The Hall–Kier alpha value is -2.03. The van der Waals surface area contributed by atoms with Crippen LogP contribution in [0.15, 0.2) is 12.2 Å². The monoisotopic (exact) mass is 571 g/mol. The van der Waals surface area contributed by atoms with Gasteiger partial charge in [-0.25, -0.2) is 0 Å². The zero-order chi connectivity index (χ0) is 29.4. The average molecular weight is 572 g/mol.